The number of rotatable bonds is 3. The Morgan fingerprint density at radius 1 is 1.25 bits per heavy atom. The maximum Gasteiger partial charge on any atom is 0.307 e. The fourth-order valence-corrected chi connectivity index (χ4v) is 1.41. The van der Waals surface area contributed by atoms with Crippen molar-refractivity contribution >= 4 is 11.9 Å². The molecule has 2 N–H and O–H groups in total. The summed E-state index contributed by atoms with van der Waals surface area (Å²) < 4.78 is 0. The Labute approximate surface area is 68.2 Å². The van der Waals surface area contributed by atoms with E-state index in [4.69, 9.17) is 15.5 Å². The van der Waals surface area contributed by atoms with Gasteiger partial charge in [0.25, 0.3) is 0 Å². The van der Waals surface area contributed by atoms with Crippen LogP contribution < -0.4 is 0 Å². The number of nitrogens with zero attached hydrogens (tertiary/aromatic N) is 1. The van der Waals surface area contributed by atoms with E-state index in [0.717, 1.165) is 0 Å². The molecule has 0 aliphatic heterocycles. The normalized spacial score (nSPS) is 32.1. The van der Waals surface area contributed by atoms with Crippen LogP contribution in [0.3, 0.4) is 0 Å². The molecule has 1 fully saturated rings. The molecule has 0 heterocycles. The Morgan fingerprint density at radius 2 is 1.67 bits per heavy atom. The zero-order chi connectivity index (χ0) is 9.30. The number of nitriles is 1. The van der Waals surface area contributed by atoms with Crippen LogP contribution in [0.4, 0.5) is 0 Å². The molecule has 0 aromatic heterocycles. The molecule has 0 saturated heterocycles. The number of aliphatic carboxylic acids is 2. The monoisotopic (exact) mass is 169 g/mol. The third-order valence-corrected chi connectivity index (χ3v) is 2.07. The van der Waals surface area contributed by atoms with Crippen molar-refractivity contribution in [3.05, 3.63) is 0 Å². The standard InChI is InChI=1S/C7H7NO4/c8-2-1-3-4(6(9)10)5(3)7(11)12/h3-5H,1H2,(H,9,10)(H,11,12). The first-order chi connectivity index (χ1) is 5.59. The second-order valence-corrected chi connectivity index (χ2v) is 2.75. The van der Waals surface area contributed by atoms with Gasteiger partial charge in [-0.3, -0.25) is 9.59 Å². The van der Waals surface area contributed by atoms with Crippen LogP contribution in [0.1, 0.15) is 6.42 Å². The Bertz CT molecular complexity index is 247. The molecular weight excluding hydrogens is 162 g/mol. The molecule has 5 heteroatoms. The van der Waals surface area contributed by atoms with E-state index in [1.807, 2.05) is 0 Å². The summed E-state index contributed by atoms with van der Waals surface area (Å²) in [5.41, 5.74) is 0. The summed E-state index contributed by atoms with van der Waals surface area (Å²) in [4.78, 5) is 20.8. The molecule has 5 nitrogen and oxygen atoms in total. The van der Waals surface area contributed by atoms with Gasteiger partial charge in [0, 0.05) is 12.3 Å². The topological polar surface area (TPSA) is 98.4 Å². The number of carboxylic acid groups (broad SMARTS) is 2. The SMILES string of the molecule is N#CCC1C(C(=O)O)C1C(=O)O. The van der Waals surface area contributed by atoms with Gasteiger partial charge in [0.1, 0.15) is 0 Å². The fourth-order valence-electron chi connectivity index (χ4n) is 1.41. The minimum atomic E-state index is -1.12. The lowest BCUT2D eigenvalue weighted by molar-refractivity contribution is -0.144. The van der Waals surface area contributed by atoms with Crippen LogP contribution in [-0.2, 0) is 9.59 Å². The number of hydrogen-bond donors (Lipinski definition) is 2. The van der Waals surface area contributed by atoms with Gasteiger partial charge in [0.2, 0.25) is 0 Å². The van der Waals surface area contributed by atoms with Crippen molar-refractivity contribution in [3.63, 3.8) is 0 Å². The van der Waals surface area contributed by atoms with E-state index in [0.29, 0.717) is 0 Å². The van der Waals surface area contributed by atoms with E-state index in [1.54, 1.807) is 6.07 Å². The van der Waals surface area contributed by atoms with Gasteiger partial charge in [-0.05, 0) is 0 Å². The van der Waals surface area contributed by atoms with Gasteiger partial charge in [-0.15, -0.1) is 0 Å². The lowest BCUT2D eigenvalue weighted by Gasteiger charge is -1.84. The first-order valence-corrected chi connectivity index (χ1v) is 3.42. The van der Waals surface area contributed by atoms with E-state index in [-0.39, 0.29) is 6.42 Å². The molecule has 0 bridgehead atoms. The molecule has 0 aromatic rings. The first-order valence-electron chi connectivity index (χ1n) is 3.42. The summed E-state index contributed by atoms with van der Waals surface area (Å²) in [6.07, 6.45) is 0.00787. The van der Waals surface area contributed by atoms with E-state index in [1.165, 1.54) is 0 Å². The highest BCUT2D eigenvalue weighted by Crippen LogP contribution is 2.48. The molecule has 2 atom stereocenters. The molecule has 12 heavy (non-hydrogen) atoms. The molecule has 1 aliphatic carbocycles. The molecule has 1 saturated carbocycles. The highest BCUT2D eigenvalue weighted by Gasteiger charge is 2.59. The van der Waals surface area contributed by atoms with Crippen LogP contribution >= 0.6 is 0 Å². The van der Waals surface area contributed by atoms with Gasteiger partial charge in [-0.25, -0.2) is 0 Å². The van der Waals surface area contributed by atoms with Crippen molar-refractivity contribution in [1.29, 1.82) is 5.26 Å². The smallest absolute Gasteiger partial charge is 0.307 e. The summed E-state index contributed by atoms with van der Waals surface area (Å²) in [7, 11) is 0. The minimum Gasteiger partial charge on any atom is -0.481 e. The predicted molar refractivity (Wildman–Crippen MR) is 36.0 cm³/mol. The van der Waals surface area contributed by atoms with Crippen LogP contribution in [0.5, 0.6) is 0 Å². The second-order valence-electron chi connectivity index (χ2n) is 2.75. The fraction of sp³-hybridized carbons (Fsp3) is 0.571. The van der Waals surface area contributed by atoms with Crippen LogP contribution in [-0.4, -0.2) is 22.2 Å². The van der Waals surface area contributed by atoms with Crippen molar-refractivity contribution in [3.8, 4) is 6.07 Å². The van der Waals surface area contributed by atoms with Gasteiger partial charge in [-0.1, -0.05) is 0 Å². The predicted octanol–water partition coefficient (Wildman–Crippen LogP) is -0.0685. The lowest BCUT2D eigenvalue weighted by Crippen LogP contribution is -2.05. The average molecular weight is 169 g/mol. The minimum absolute atomic E-state index is 0.00787. The van der Waals surface area contributed by atoms with Crippen LogP contribution in [0, 0.1) is 29.1 Å². The summed E-state index contributed by atoms with van der Waals surface area (Å²) in [6, 6.07) is 1.77. The van der Waals surface area contributed by atoms with Gasteiger partial charge in [0.15, 0.2) is 0 Å². The summed E-state index contributed by atoms with van der Waals surface area (Å²) in [5.74, 6) is -4.46. The van der Waals surface area contributed by atoms with Crippen molar-refractivity contribution in [1.82, 2.24) is 0 Å². The van der Waals surface area contributed by atoms with Crippen LogP contribution in [0.25, 0.3) is 0 Å². The first kappa shape index (κ1) is 8.53. The zero-order valence-electron chi connectivity index (χ0n) is 6.10. The average Bonchev–Trinajstić information content (AvgIpc) is 2.63. The van der Waals surface area contributed by atoms with Crippen LogP contribution in [0.15, 0.2) is 0 Å². The molecule has 1 rings (SSSR count). The summed E-state index contributed by atoms with van der Waals surface area (Å²) in [6.45, 7) is 0. The lowest BCUT2D eigenvalue weighted by atomic mass is 10.2. The third-order valence-electron chi connectivity index (χ3n) is 2.07. The Morgan fingerprint density at radius 3 is 1.92 bits per heavy atom. The molecule has 1 aliphatic rings. The van der Waals surface area contributed by atoms with E-state index in [9.17, 15) is 9.59 Å². The summed E-state index contributed by atoms with van der Waals surface area (Å²) >= 11 is 0. The Kier molecular flexibility index (Phi) is 2.00. The largest absolute Gasteiger partial charge is 0.481 e. The van der Waals surface area contributed by atoms with Crippen molar-refractivity contribution in [2.24, 2.45) is 17.8 Å². The van der Waals surface area contributed by atoms with E-state index in [2.05, 4.69) is 0 Å². The molecule has 0 amide bonds. The number of carboxylic acids is 2. The number of carbonyl (C=O) groups is 2. The molecule has 0 spiro atoms. The molecule has 0 aromatic carbocycles. The quantitative estimate of drug-likeness (QED) is 0.616. The van der Waals surface area contributed by atoms with Gasteiger partial charge in [0.05, 0.1) is 17.9 Å². The molecule has 64 valence electrons. The zero-order valence-corrected chi connectivity index (χ0v) is 6.10. The van der Waals surface area contributed by atoms with E-state index < -0.39 is 29.7 Å². The second kappa shape index (κ2) is 2.81. The maximum absolute atomic E-state index is 10.4. The highest BCUT2D eigenvalue weighted by atomic mass is 16.4. The highest BCUT2D eigenvalue weighted by molar-refractivity contribution is 5.86. The van der Waals surface area contributed by atoms with Crippen molar-refractivity contribution in [2.75, 3.05) is 0 Å². The van der Waals surface area contributed by atoms with Crippen molar-refractivity contribution < 1.29 is 19.8 Å². The number of hydrogen-bond acceptors (Lipinski definition) is 3. The van der Waals surface area contributed by atoms with E-state index >= 15 is 0 Å². The Balaban J connectivity index is 2.62. The summed E-state index contributed by atoms with van der Waals surface area (Å²) in [5, 5.41) is 25.2. The van der Waals surface area contributed by atoms with Gasteiger partial charge in [-0.2, -0.15) is 5.26 Å². The molecular formula is C7H7NO4. The third kappa shape index (κ3) is 1.23. The van der Waals surface area contributed by atoms with Gasteiger partial charge < -0.3 is 10.2 Å². The maximum atomic E-state index is 10.4. The Hall–Kier alpha value is -1.57. The molecule has 0 radical (unpaired) electrons. The van der Waals surface area contributed by atoms with Gasteiger partial charge >= 0.3 is 11.9 Å². The van der Waals surface area contributed by atoms with Crippen molar-refractivity contribution in [2.45, 2.75) is 6.42 Å². The molecule has 2 unspecified atom stereocenters. The van der Waals surface area contributed by atoms with Crippen LogP contribution in [0.2, 0.25) is 0 Å².